The van der Waals surface area contributed by atoms with Crippen LogP contribution in [0.3, 0.4) is 0 Å². The molecule has 0 amide bonds. The van der Waals surface area contributed by atoms with Gasteiger partial charge in [0, 0.05) is 12.1 Å². The number of carbonyl (C=O) groups is 1. The Morgan fingerprint density at radius 2 is 1.65 bits per heavy atom. The summed E-state index contributed by atoms with van der Waals surface area (Å²) in [6, 6.07) is 9.52. The molecule has 0 aromatic heterocycles. The summed E-state index contributed by atoms with van der Waals surface area (Å²) in [7, 11) is -4.71. The highest BCUT2D eigenvalue weighted by Crippen LogP contribution is 2.39. The molecule has 1 unspecified atom stereocenters. The van der Waals surface area contributed by atoms with Crippen molar-refractivity contribution in [2.24, 2.45) is 5.92 Å². The van der Waals surface area contributed by atoms with Crippen LogP contribution in [-0.2, 0) is 33.6 Å². The zero-order valence-corrected chi connectivity index (χ0v) is 21.3. The van der Waals surface area contributed by atoms with Crippen LogP contribution >= 0.6 is 0 Å². The van der Waals surface area contributed by atoms with E-state index in [-0.39, 0.29) is 28.8 Å². The van der Waals surface area contributed by atoms with Gasteiger partial charge in [0.1, 0.15) is 5.82 Å². The summed E-state index contributed by atoms with van der Waals surface area (Å²) < 4.78 is 123. The maximum atomic E-state index is 14.5. The molecule has 5 nitrogen and oxygen atoms in total. The van der Waals surface area contributed by atoms with Crippen molar-refractivity contribution < 1.29 is 49.1 Å². The van der Waals surface area contributed by atoms with E-state index in [1.807, 2.05) is 0 Å². The third-order valence-electron chi connectivity index (χ3n) is 6.43. The standard InChI is InChI=1S/C27H20F7NO4S/c1-15(24-21(27(32,33)34)6-3-7-22(24)28)10-16-8-9-17-12-18(25(36)37)14-35(23(17)11-16)40(38,39)20-5-2-4-19(13-20)26(29,30)31/h2-11,13,18H,12,14H2,1H3,(H,36,37)/b15-10+. The molecule has 0 fully saturated rings. The van der Waals surface area contributed by atoms with E-state index in [1.165, 1.54) is 31.2 Å². The van der Waals surface area contributed by atoms with E-state index in [4.69, 9.17) is 0 Å². The smallest absolute Gasteiger partial charge is 0.417 e. The zero-order chi connectivity index (χ0) is 29.6. The number of allylic oxidation sites excluding steroid dienone is 1. The Morgan fingerprint density at radius 1 is 0.975 bits per heavy atom. The van der Waals surface area contributed by atoms with Crippen LogP contribution in [0.25, 0.3) is 11.6 Å². The normalized spacial score (nSPS) is 16.6. The maximum Gasteiger partial charge on any atom is 0.417 e. The van der Waals surface area contributed by atoms with Crippen molar-refractivity contribution in [2.75, 3.05) is 10.8 Å². The number of nitrogens with zero attached hydrogens (tertiary/aromatic N) is 1. The molecule has 0 saturated heterocycles. The van der Waals surface area contributed by atoms with Crippen molar-refractivity contribution in [1.82, 2.24) is 0 Å². The molecule has 0 spiro atoms. The lowest BCUT2D eigenvalue weighted by Crippen LogP contribution is -2.42. The molecule has 13 heteroatoms. The highest BCUT2D eigenvalue weighted by atomic mass is 32.2. The number of hydrogen-bond acceptors (Lipinski definition) is 3. The summed E-state index contributed by atoms with van der Waals surface area (Å²) in [5.41, 5.74) is -2.92. The highest BCUT2D eigenvalue weighted by molar-refractivity contribution is 7.92. The number of anilines is 1. The summed E-state index contributed by atoms with van der Waals surface area (Å²) >= 11 is 0. The number of sulfonamides is 1. The largest absolute Gasteiger partial charge is 0.481 e. The van der Waals surface area contributed by atoms with Crippen molar-refractivity contribution in [3.63, 3.8) is 0 Å². The Labute approximate surface area is 224 Å². The van der Waals surface area contributed by atoms with Crippen molar-refractivity contribution in [1.29, 1.82) is 0 Å². The Hall–Kier alpha value is -3.87. The first kappa shape index (κ1) is 29.1. The summed E-state index contributed by atoms with van der Waals surface area (Å²) in [6.45, 7) is 0.642. The molecule has 1 aliphatic heterocycles. The lowest BCUT2D eigenvalue weighted by atomic mass is 9.92. The molecule has 1 atom stereocenters. The molecule has 1 aliphatic rings. The molecule has 0 radical (unpaired) electrons. The molecule has 212 valence electrons. The van der Waals surface area contributed by atoms with Gasteiger partial charge in [0.25, 0.3) is 10.0 Å². The Morgan fingerprint density at radius 3 is 2.27 bits per heavy atom. The van der Waals surface area contributed by atoms with Crippen LogP contribution in [0, 0.1) is 11.7 Å². The number of hydrogen-bond donors (Lipinski definition) is 1. The summed E-state index contributed by atoms with van der Waals surface area (Å²) in [6.07, 6.45) is -8.60. The van der Waals surface area contributed by atoms with Gasteiger partial charge in [-0.05, 0) is 66.4 Å². The Kier molecular flexibility index (Phi) is 7.48. The van der Waals surface area contributed by atoms with Gasteiger partial charge in [-0.15, -0.1) is 0 Å². The lowest BCUT2D eigenvalue weighted by molar-refractivity contribution is -0.141. The fraction of sp³-hybridized carbons (Fsp3) is 0.222. The second kappa shape index (κ2) is 10.3. The number of alkyl halides is 6. The zero-order valence-electron chi connectivity index (χ0n) is 20.5. The van der Waals surface area contributed by atoms with E-state index in [2.05, 4.69) is 0 Å². The first-order chi connectivity index (χ1) is 18.5. The van der Waals surface area contributed by atoms with Gasteiger partial charge in [0.2, 0.25) is 0 Å². The minimum atomic E-state index is -4.86. The number of carboxylic acid groups (broad SMARTS) is 1. The van der Waals surface area contributed by atoms with Crippen LogP contribution in [0.1, 0.15) is 34.7 Å². The van der Waals surface area contributed by atoms with Gasteiger partial charge >= 0.3 is 18.3 Å². The van der Waals surface area contributed by atoms with Gasteiger partial charge in [-0.1, -0.05) is 30.3 Å². The van der Waals surface area contributed by atoms with Crippen molar-refractivity contribution in [3.05, 3.63) is 94.3 Å². The first-order valence-corrected chi connectivity index (χ1v) is 13.0. The second-order valence-electron chi connectivity index (χ2n) is 9.18. The molecular weight excluding hydrogens is 567 g/mol. The third kappa shape index (κ3) is 5.69. The van der Waals surface area contributed by atoms with Gasteiger partial charge in [-0.2, -0.15) is 26.3 Å². The SMILES string of the molecule is C/C(=C\c1ccc2c(c1)N(S(=O)(=O)c1cccc(C(F)(F)F)c1)CC(C(=O)O)C2)c1c(F)cccc1C(F)(F)F. The quantitative estimate of drug-likeness (QED) is 0.261. The fourth-order valence-electron chi connectivity index (χ4n) is 4.54. The van der Waals surface area contributed by atoms with Crippen molar-refractivity contribution in [2.45, 2.75) is 30.6 Å². The molecule has 3 aromatic rings. The van der Waals surface area contributed by atoms with Gasteiger partial charge in [0.15, 0.2) is 0 Å². The third-order valence-corrected chi connectivity index (χ3v) is 8.20. The summed E-state index contributed by atoms with van der Waals surface area (Å²) in [4.78, 5) is 11.0. The van der Waals surface area contributed by atoms with Crippen LogP contribution in [0.2, 0.25) is 0 Å². The molecule has 4 rings (SSSR count). The summed E-state index contributed by atoms with van der Waals surface area (Å²) in [5.74, 6) is -3.67. The monoisotopic (exact) mass is 587 g/mol. The minimum Gasteiger partial charge on any atom is -0.481 e. The van der Waals surface area contributed by atoms with Crippen molar-refractivity contribution in [3.8, 4) is 0 Å². The van der Waals surface area contributed by atoms with Gasteiger partial charge in [0.05, 0.1) is 27.6 Å². The number of benzene rings is 3. The van der Waals surface area contributed by atoms with Crippen LogP contribution in [-0.4, -0.2) is 26.0 Å². The van der Waals surface area contributed by atoms with Gasteiger partial charge in [-0.25, -0.2) is 12.8 Å². The number of halogens is 7. The molecule has 3 aromatic carbocycles. The topological polar surface area (TPSA) is 74.7 Å². The van der Waals surface area contributed by atoms with Crippen LogP contribution in [0.5, 0.6) is 0 Å². The first-order valence-electron chi connectivity index (χ1n) is 11.6. The number of aliphatic carboxylic acids is 1. The minimum absolute atomic E-state index is 0.0546. The maximum absolute atomic E-state index is 14.5. The lowest BCUT2D eigenvalue weighted by Gasteiger charge is -2.34. The average molecular weight is 588 g/mol. The van der Waals surface area contributed by atoms with E-state index in [1.54, 1.807) is 0 Å². The van der Waals surface area contributed by atoms with E-state index in [9.17, 15) is 49.1 Å². The summed E-state index contributed by atoms with van der Waals surface area (Å²) in [5, 5.41) is 9.58. The predicted molar refractivity (Wildman–Crippen MR) is 132 cm³/mol. The highest BCUT2D eigenvalue weighted by Gasteiger charge is 2.38. The van der Waals surface area contributed by atoms with Gasteiger partial charge < -0.3 is 5.11 Å². The molecular formula is C27H20F7NO4S. The van der Waals surface area contributed by atoms with Crippen molar-refractivity contribution >= 4 is 33.3 Å². The molecule has 1 heterocycles. The van der Waals surface area contributed by atoms with E-state index < -0.39 is 68.2 Å². The Balaban J connectivity index is 1.84. The number of fused-ring (bicyclic) bond motifs is 1. The molecule has 1 N–H and O–H groups in total. The Bertz CT molecular complexity index is 1610. The molecule has 0 bridgehead atoms. The fourth-order valence-corrected chi connectivity index (χ4v) is 6.13. The predicted octanol–water partition coefficient (Wildman–Crippen LogP) is 6.88. The number of carboxylic acids is 1. The second-order valence-corrected chi connectivity index (χ2v) is 11.0. The molecule has 0 saturated carbocycles. The van der Waals surface area contributed by atoms with E-state index >= 15 is 0 Å². The van der Waals surface area contributed by atoms with E-state index in [0.29, 0.717) is 16.4 Å². The molecule has 40 heavy (non-hydrogen) atoms. The number of rotatable bonds is 5. The average Bonchev–Trinajstić information content (AvgIpc) is 2.86. The van der Waals surface area contributed by atoms with Crippen LogP contribution < -0.4 is 4.31 Å². The molecule has 0 aliphatic carbocycles. The van der Waals surface area contributed by atoms with E-state index in [0.717, 1.165) is 30.3 Å². The van der Waals surface area contributed by atoms with Crippen LogP contribution in [0.4, 0.5) is 36.4 Å². The van der Waals surface area contributed by atoms with Crippen LogP contribution in [0.15, 0.2) is 65.6 Å². The van der Waals surface area contributed by atoms with Gasteiger partial charge in [-0.3, -0.25) is 9.10 Å².